The number of likely N-dealkylation sites (N-methyl/N-ethyl adjacent to an activating group) is 1. The molecule has 0 atom stereocenters. The van der Waals surface area contributed by atoms with Crippen LogP contribution in [0.4, 0.5) is 0 Å². The molecule has 0 aliphatic heterocycles. The van der Waals surface area contributed by atoms with E-state index in [4.69, 9.17) is 0 Å². The topological polar surface area (TPSA) is 67.2 Å². The lowest BCUT2D eigenvalue weighted by atomic mass is 10.1. The molecule has 0 bridgehead atoms. The van der Waals surface area contributed by atoms with E-state index in [0.29, 0.717) is 12.2 Å². The maximum Gasteiger partial charge on any atom is 0.267 e. The smallest absolute Gasteiger partial charge is 0.267 e. The zero-order chi connectivity index (χ0) is 17.4. The van der Waals surface area contributed by atoms with Gasteiger partial charge in [0.1, 0.15) is 6.54 Å². The molecule has 24 heavy (non-hydrogen) atoms. The van der Waals surface area contributed by atoms with Crippen molar-refractivity contribution < 1.29 is 4.79 Å². The second kappa shape index (κ2) is 8.98. The predicted octanol–water partition coefficient (Wildman–Crippen LogP) is 1.37. The Hall–Kier alpha value is -2.47. The van der Waals surface area contributed by atoms with Crippen molar-refractivity contribution in [3.05, 3.63) is 52.8 Å². The molecule has 6 nitrogen and oxygen atoms in total. The Balaban J connectivity index is 1.99. The third-order valence-electron chi connectivity index (χ3n) is 3.87. The molecule has 1 amide bonds. The summed E-state index contributed by atoms with van der Waals surface area (Å²) in [5, 5.41) is 7.13. The lowest BCUT2D eigenvalue weighted by molar-refractivity contribution is -0.121. The third kappa shape index (κ3) is 5.03. The Morgan fingerprint density at radius 2 is 1.83 bits per heavy atom. The Morgan fingerprint density at radius 3 is 2.50 bits per heavy atom. The van der Waals surface area contributed by atoms with E-state index in [1.165, 1.54) is 10.7 Å². The van der Waals surface area contributed by atoms with Crippen LogP contribution in [0.3, 0.4) is 0 Å². The van der Waals surface area contributed by atoms with E-state index >= 15 is 0 Å². The summed E-state index contributed by atoms with van der Waals surface area (Å²) < 4.78 is 1.20. The quantitative estimate of drug-likeness (QED) is 0.795. The average Bonchev–Trinajstić information content (AvgIpc) is 2.61. The second-order valence-corrected chi connectivity index (χ2v) is 5.46. The highest BCUT2D eigenvalue weighted by atomic mass is 16.2. The fraction of sp³-hybridized carbons (Fsp3) is 0.389. The Kier molecular flexibility index (Phi) is 6.69. The van der Waals surface area contributed by atoms with E-state index in [0.717, 1.165) is 25.2 Å². The van der Waals surface area contributed by atoms with Gasteiger partial charge in [-0.2, -0.15) is 5.10 Å². The number of carbonyl (C=O) groups excluding carboxylic acids is 1. The van der Waals surface area contributed by atoms with Gasteiger partial charge in [-0.25, -0.2) is 4.68 Å². The van der Waals surface area contributed by atoms with Gasteiger partial charge in [-0.1, -0.05) is 44.2 Å². The number of aromatic nitrogens is 2. The maximum atomic E-state index is 12.0. The van der Waals surface area contributed by atoms with Crippen molar-refractivity contribution in [1.29, 1.82) is 0 Å². The molecule has 1 aromatic carbocycles. The van der Waals surface area contributed by atoms with Crippen LogP contribution in [0.5, 0.6) is 0 Å². The number of benzene rings is 1. The van der Waals surface area contributed by atoms with Gasteiger partial charge in [0.2, 0.25) is 5.91 Å². The van der Waals surface area contributed by atoms with Crippen molar-refractivity contribution in [2.24, 2.45) is 0 Å². The molecule has 0 saturated heterocycles. The molecule has 6 heteroatoms. The summed E-state index contributed by atoms with van der Waals surface area (Å²) in [4.78, 5) is 26.2. The van der Waals surface area contributed by atoms with Crippen LogP contribution in [0.15, 0.2) is 47.3 Å². The van der Waals surface area contributed by atoms with Gasteiger partial charge in [0.25, 0.3) is 5.56 Å². The van der Waals surface area contributed by atoms with Crippen LogP contribution in [-0.4, -0.2) is 46.8 Å². The second-order valence-electron chi connectivity index (χ2n) is 5.46. The van der Waals surface area contributed by atoms with Crippen molar-refractivity contribution in [1.82, 2.24) is 20.0 Å². The molecule has 1 heterocycles. The minimum Gasteiger partial charge on any atom is -0.353 e. The Labute approximate surface area is 142 Å². The molecule has 0 spiro atoms. The average molecular weight is 328 g/mol. The molecule has 128 valence electrons. The van der Waals surface area contributed by atoms with Gasteiger partial charge in [0, 0.05) is 24.7 Å². The molecular weight excluding hydrogens is 304 g/mol. The molecule has 0 saturated carbocycles. The maximum absolute atomic E-state index is 12.0. The fourth-order valence-electron chi connectivity index (χ4n) is 2.41. The van der Waals surface area contributed by atoms with Crippen LogP contribution in [0.1, 0.15) is 13.8 Å². The first-order chi connectivity index (χ1) is 11.6. The van der Waals surface area contributed by atoms with Crippen molar-refractivity contribution in [2.75, 3.05) is 26.2 Å². The lowest BCUT2D eigenvalue weighted by Crippen LogP contribution is -2.38. The molecular formula is C18H24N4O2. The monoisotopic (exact) mass is 328 g/mol. The standard InChI is InChI=1S/C18H24N4O2/c1-3-21(4-2)13-12-19-17(23)14-22-18(24)11-10-16(20-22)15-8-6-5-7-9-15/h5-11H,3-4,12-14H2,1-2H3,(H,19,23). The van der Waals surface area contributed by atoms with Crippen molar-refractivity contribution in [3.63, 3.8) is 0 Å². The van der Waals surface area contributed by atoms with E-state index < -0.39 is 0 Å². The predicted molar refractivity (Wildman–Crippen MR) is 94.7 cm³/mol. The van der Waals surface area contributed by atoms with Gasteiger partial charge in [-0.15, -0.1) is 0 Å². The highest BCUT2D eigenvalue weighted by Crippen LogP contribution is 2.13. The van der Waals surface area contributed by atoms with E-state index in [1.807, 2.05) is 30.3 Å². The largest absolute Gasteiger partial charge is 0.353 e. The molecule has 0 fully saturated rings. The number of rotatable bonds is 8. The molecule has 0 aliphatic rings. The Bertz CT molecular complexity index is 708. The highest BCUT2D eigenvalue weighted by Gasteiger charge is 2.08. The van der Waals surface area contributed by atoms with Crippen LogP contribution in [0.25, 0.3) is 11.3 Å². The van der Waals surface area contributed by atoms with Crippen LogP contribution < -0.4 is 10.9 Å². The van der Waals surface area contributed by atoms with Gasteiger partial charge in [0.15, 0.2) is 0 Å². The van der Waals surface area contributed by atoms with Crippen molar-refractivity contribution in [2.45, 2.75) is 20.4 Å². The first kappa shape index (κ1) is 17.9. The molecule has 0 unspecified atom stereocenters. The SMILES string of the molecule is CCN(CC)CCNC(=O)Cn1nc(-c2ccccc2)ccc1=O. The van der Waals surface area contributed by atoms with E-state index in [2.05, 4.69) is 29.2 Å². The Morgan fingerprint density at radius 1 is 1.12 bits per heavy atom. The van der Waals surface area contributed by atoms with Gasteiger partial charge < -0.3 is 10.2 Å². The van der Waals surface area contributed by atoms with Crippen LogP contribution in [0, 0.1) is 0 Å². The summed E-state index contributed by atoms with van der Waals surface area (Å²) in [6.45, 7) is 7.36. The first-order valence-corrected chi connectivity index (χ1v) is 8.26. The van der Waals surface area contributed by atoms with Crippen LogP contribution in [0.2, 0.25) is 0 Å². The molecule has 1 aromatic heterocycles. The number of hydrogen-bond acceptors (Lipinski definition) is 4. The van der Waals surface area contributed by atoms with E-state index in [1.54, 1.807) is 6.07 Å². The lowest BCUT2D eigenvalue weighted by Gasteiger charge is -2.18. The van der Waals surface area contributed by atoms with Gasteiger partial charge in [-0.05, 0) is 19.2 Å². The van der Waals surface area contributed by atoms with Gasteiger partial charge in [-0.3, -0.25) is 9.59 Å². The first-order valence-electron chi connectivity index (χ1n) is 8.26. The number of amides is 1. The zero-order valence-corrected chi connectivity index (χ0v) is 14.2. The summed E-state index contributed by atoms with van der Waals surface area (Å²) in [6, 6.07) is 12.7. The van der Waals surface area contributed by atoms with E-state index in [9.17, 15) is 9.59 Å². The number of carbonyl (C=O) groups is 1. The van der Waals surface area contributed by atoms with Crippen molar-refractivity contribution in [3.8, 4) is 11.3 Å². The molecule has 1 N–H and O–H groups in total. The summed E-state index contributed by atoms with van der Waals surface area (Å²) in [5.74, 6) is -0.207. The van der Waals surface area contributed by atoms with Gasteiger partial charge >= 0.3 is 0 Å². The number of hydrogen-bond donors (Lipinski definition) is 1. The van der Waals surface area contributed by atoms with Crippen LogP contribution >= 0.6 is 0 Å². The summed E-state index contributed by atoms with van der Waals surface area (Å²) in [5.41, 5.74) is 1.30. The number of nitrogens with one attached hydrogen (secondary N) is 1. The summed E-state index contributed by atoms with van der Waals surface area (Å²) in [6.07, 6.45) is 0. The molecule has 0 aliphatic carbocycles. The van der Waals surface area contributed by atoms with E-state index in [-0.39, 0.29) is 18.0 Å². The minimum atomic E-state index is -0.284. The number of nitrogens with zero attached hydrogens (tertiary/aromatic N) is 3. The zero-order valence-electron chi connectivity index (χ0n) is 14.2. The molecule has 0 radical (unpaired) electrons. The normalized spacial score (nSPS) is 10.8. The van der Waals surface area contributed by atoms with Gasteiger partial charge in [0.05, 0.1) is 5.69 Å². The molecule has 2 aromatic rings. The minimum absolute atomic E-state index is 0.0717. The van der Waals surface area contributed by atoms with Crippen molar-refractivity contribution >= 4 is 5.91 Å². The summed E-state index contributed by atoms with van der Waals surface area (Å²) >= 11 is 0. The fourth-order valence-corrected chi connectivity index (χ4v) is 2.41. The van der Waals surface area contributed by atoms with Crippen LogP contribution in [-0.2, 0) is 11.3 Å². The summed E-state index contributed by atoms with van der Waals surface area (Å²) in [7, 11) is 0. The third-order valence-corrected chi connectivity index (χ3v) is 3.87. The molecule has 2 rings (SSSR count). The highest BCUT2D eigenvalue weighted by molar-refractivity contribution is 5.75.